The number of nitrogens with zero attached hydrogens (tertiary/aromatic N) is 3. The number of halogens is 2. The zero-order valence-electron chi connectivity index (χ0n) is 16.5. The molecule has 1 aliphatic carbocycles. The first-order chi connectivity index (χ1) is 14.7. The summed E-state index contributed by atoms with van der Waals surface area (Å²) in [5.41, 5.74) is 9.16. The van der Waals surface area contributed by atoms with Gasteiger partial charge in [-0.15, -0.1) is 0 Å². The molecule has 158 valence electrons. The second-order valence-electron chi connectivity index (χ2n) is 7.94. The van der Waals surface area contributed by atoms with E-state index < -0.39 is 0 Å². The van der Waals surface area contributed by atoms with Gasteiger partial charge in [-0.3, -0.25) is 10.9 Å². The fraction of sp³-hybridized carbons (Fsp3) is 0.429. The minimum atomic E-state index is 0.404. The van der Waals surface area contributed by atoms with Gasteiger partial charge in [0.15, 0.2) is 5.82 Å². The lowest BCUT2D eigenvalue weighted by atomic mass is 9.89. The molecule has 0 spiro atoms. The minimum Gasteiger partial charge on any atom is -0.367 e. The van der Waals surface area contributed by atoms with E-state index in [9.17, 15) is 0 Å². The van der Waals surface area contributed by atoms with Crippen LogP contribution in [0.1, 0.15) is 55.3 Å². The van der Waals surface area contributed by atoms with Gasteiger partial charge < -0.3 is 14.7 Å². The molecule has 1 saturated carbocycles. The Bertz CT molecular complexity index is 995. The zero-order chi connectivity index (χ0) is 20.5. The van der Waals surface area contributed by atoms with E-state index in [4.69, 9.17) is 27.7 Å². The first kappa shape index (κ1) is 19.6. The number of hydrogen-bond acceptors (Lipinski definition) is 7. The van der Waals surface area contributed by atoms with Gasteiger partial charge in [0.25, 0.3) is 5.89 Å². The van der Waals surface area contributed by atoms with Crippen LogP contribution in [0.15, 0.2) is 40.3 Å². The Hall–Kier alpha value is -2.38. The van der Waals surface area contributed by atoms with Crippen LogP contribution in [0.25, 0.3) is 5.70 Å². The van der Waals surface area contributed by atoms with Crippen molar-refractivity contribution >= 4 is 28.9 Å². The van der Waals surface area contributed by atoms with Crippen LogP contribution in [0.3, 0.4) is 0 Å². The molecular weight excluding hydrogens is 423 g/mol. The highest BCUT2D eigenvalue weighted by atomic mass is 35.5. The van der Waals surface area contributed by atoms with Crippen molar-refractivity contribution in [3.63, 3.8) is 0 Å². The minimum absolute atomic E-state index is 0.404. The van der Waals surface area contributed by atoms with Gasteiger partial charge in [-0.1, -0.05) is 47.6 Å². The van der Waals surface area contributed by atoms with Crippen molar-refractivity contribution in [3.8, 4) is 0 Å². The third kappa shape index (κ3) is 3.96. The van der Waals surface area contributed by atoms with E-state index in [0.29, 0.717) is 28.4 Å². The van der Waals surface area contributed by atoms with Gasteiger partial charge in [-0.05, 0) is 42.7 Å². The Kier molecular flexibility index (Phi) is 5.48. The van der Waals surface area contributed by atoms with Crippen molar-refractivity contribution in [2.24, 2.45) is 0 Å². The molecule has 2 aliphatic heterocycles. The molecule has 2 aromatic rings. The number of hydrazine groups is 1. The summed E-state index contributed by atoms with van der Waals surface area (Å²) >= 11 is 12.6. The number of rotatable bonds is 4. The summed E-state index contributed by atoms with van der Waals surface area (Å²) < 4.78 is 5.59. The van der Waals surface area contributed by atoms with Crippen molar-refractivity contribution in [2.75, 3.05) is 13.1 Å². The summed E-state index contributed by atoms with van der Waals surface area (Å²) in [6, 6.07) is 5.56. The molecule has 0 unspecified atom stereocenters. The number of benzene rings is 1. The van der Waals surface area contributed by atoms with Crippen LogP contribution in [-0.2, 0) is 6.54 Å². The molecule has 0 amide bonds. The van der Waals surface area contributed by atoms with Gasteiger partial charge in [0, 0.05) is 35.6 Å². The predicted molar refractivity (Wildman–Crippen MR) is 116 cm³/mol. The molecule has 30 heavy (non-hydrogen) atoms. The highest BCUT2D eigenvalue weighted by Gasteiger charge is 2.27. The lowest BCUT2D eigenvalue weighted by Crippen LogP contribution is -2.48. The van der Waals surface area contributed by atoms with E-state index >= 15 is 0 Å². The third-order valence-electron chi connectivity index (χ3n) is 5.89. The average Bonchev–Trinajstić information content (AvgIpc) is 3.27. The maximum atomic E-state index is 6.40. The smallest absolute Gasteiger partial charge is 0.275 e. The molecular formula is C21H24Cl2N6O. The highest BCUT2D eigenvalue weighted by Crippen LogP contribution is 2.32. The predicted octanol–water partition coefficient (Wildman–Crippen LogP) is 4.15. The summed E-state index contributed by atoms with van der Waals surface area (Å²) in [6.07, 6.45) is 8.08. The van der Waals surface area contributed by atoms with Crippen molar-refractivity contribution in [3.05, 3.63) is 63.1 Å². The fourth-order valence-electron chi connectivity index (χ4n) is 4.28. The normalized spacial score (nSPS) is 19.5. The lowest BCUT2D eigenvalue weighted by Gasteiger charge is -2.36. The molecule has 0 saturated heterocycles. The molecule has 0 bridgehead atoms. The maximum Gasteiger partial charge on any atom is 0.275 e. The van der Waals surface area contributed by atoms with Crippen LogP contribution < -0.4 is 16.2 Å². The molecule has 5 rings (SSSR count). The van der Waals surface area contributed by atoms with Crippen LogP contribution >= 0.6 is 23.2 Å². The van der Waals surface area contributed by atoms with E-state index in [2.05, 4.69) is 31.2 Å². The summed E-state index contributed by atoms with van der Waals surface area (Å²) in [6.45, 7) is 2.31. The van der Waals surface area contributed by atoms with Crippen LogP contribution in [-0.4, -0.2) is 28.1 Å². The van der Waals surface area contributed by atoms with E-state index in [-0.39, 0.29) is 0 Å². The Morgan fingerprint density at radius 1 is 1.13 bits per heavy atom. The number of nitrogens with one attached hydrogen (secondary N) is 3. The van der Waals surface area contributed by atoms with E-state index in [1.54, 1.807) is 6.07 Å². The van der Waals surface area contributed by atoms with Crippen molar-refractivity contribution < 1.29 is 4.52 Å². The molecule has 1 aromatic heterocycles. The Labute approximate surface area is 185 Å². The average molecular weight is 447 g/mol. The number of aromatic nitrogens is 2. The quantitative estimate of drug-likeness (QED) is 0.650. The van der Waals surface area contributed by atoms with Crippen LogP contribution in [0.4, 0.5) is 0 Å². The fourth-order valence-corrected chi connectivity index (χ4v) is 4.65. The van der Waals surface area contributed by atoms with Gasteiger partial charge in [0.1, 0.15) is 11.5 Å². The molecule has 7 nitrogen and oxygen atoms in total. The standard InChI is InChI=1S/C21H24Cl2N6O/c22-15-6-7-16(23)14(10-15)12-29-9-8-24-20-18(29)11-17(26-27-20)21-25-19(28-30-21)13-4-2-1-3-5-13/h6-7,10-11,13,24,26-27H,1-5,8-9,12H2. The van der Waals surface area contributed by atoms with Crippen LogP contribution in [0, 0.1) is 0 Å². The summed E-state index contributed by atoms with van der Waals surface area (Å²) in [5, 5.41) is 9.03. The first-order valence-electron chi connectivity index (χ1n) is 10.4. The summed E-state index contributed by atoms with van der Waals surface area (Å²) in [4.78, 5) is 6.94. The van der Waals surface area contributed by atoms with Crippen molar-refractivity contribution in [2.45, 2.75) is 44.6 Å². The van der Waals surface area contributed by atoms with Crippen molar-refractivity contribution in [1.82, 2.24) is 31.2 Å². The Balaban J connectivity index is 1.39. The lowest BCUT2D eigenvalue weighted by molar-refractivity contribution is 0.308. The second kappa shape index (κ2) is 8.40. The molecule has 1 aromatic carbocycles. The van der Waals surface area contributed by atoms with E-state index in [1.165, 1.54) is 19.3 Å². The number of allylic oxidation sites excluding steroid dienone is 1. The van der Waals surface area contributed by atoms with Crippen molar-refractivity contribution in [1.29, 1.82) is 0 Å². The van der Waals surface area contributed by atoms with E-state index in [1.807, 2.05) is 18.2 Å². The summed E-state index contributed by atoms with van der Waals surface area (Å²) in [7, 11) is 0. The van der Waals surface area contributed by atoms with Gasteiger partial charge in [-0.2, -0.15) is 4.98 Å². The van der Waals surface area contributed by atoms with Gasteiger partial charge in [-0.25, -0.2) is 0 Å². The molecule has 0 radical (unpaired) electrons. The van der Waals surface area contributed by atoms with Gasteiger partial charge >= 0.3 is 0 Å². The van der Waals surface area contributed by atoms with Crippen LogP contribution in [0.5, 0.6) is 0 Å². The topological polar surface area (TPSA) is 78.2 Å². The van der Waals surface area contributed by atoms with Gasteiger partial charge in [0.2, 0.25) is 0 Å². The number of hydrogen-bond donors (Lipinski definition) is 3. The molecule has 3 heterocycles. The monoisotopic (exact) mass is 446 g/mol. The zero-order valence-corrected chi connectivity index (χ0v) is 18.1. The Morgan fingerprint density at radius 3 is 2.87 bits per heavy atom. The third-order valence-corrected chi connectivity index (χ3v) is 6.50. The van der Waals surface area contributed by atoms with Crippen LogP contribution in [0.2, 0.25) is 10.0 Å². The van der Waals surface area contributed by atoms with Gasteiger partial charge in [0.05, 0.1) is 5.70 Å². The second-order valence-corrected chi connectivity index (χ2v) is 8.79. The molecule has 3 aliphatic rings. The largest absolute Gasteiger partial charge is 0.367 e. The SMILES string of the molecule is Clc1ccc(Cl)c(CN2CCNC3=C2C=C(c2nc(C4CCCCC4)no2)NN3)c1. The van der Waals surface area contributed by atoms with E-state index in [0.717, 1.165) is 54.5 Å². The maximum absolute atomic E-state index is 6.40. The molecule has 9 heteroatoms. The Morgan fingerprint density at radius 2 is 2.00 bits per heavy atom. The highest BCUT2D eigenvalue weighted by molar-refractivity contribution is 6.33. The molecule has 0 atom stereocenters. The molecule has 3 N–H and O–H groups in total. The first-order valence-corrected chi connectivity index (χ1v) is 11.2. The summed E-state index contributed by atoms with van der Waals surface area (Å²) in [5.74, 6) is 2.63. The molecule has 1 fully saturated rings.